The van der Waals surface area contributed by atoms with Crippen LogP contribution in [-0.2, 0) is 16.1 Å². The fourth-order valence-electron chi connectivity index (χ4n) is 6.64. The molecule has 7 rings (SSSR count). The lowest BCUT2D eigenvalue weighted by Crippen LogP contribution is -2.49. The zero-order valence-corrected chi connectivity index (χ0v) is 23.9. The van der Waals surface area contributed by atoms with Crippen molar-refractivity contribution in [2.45, 2.75) is 51.1 Å². The number of likely N-dealkylation sites (tertiary alicyclic amines) is 2. The number of pyridine rings is 1. The highest BCUT2D eigenvalue weighted by Crippen LogP contribution is 2.40. The molecule has 2 aliphatic heterocycles. The number of methoxy groups -OCH3 is 1. The Hall–Kier alpha value is -3.69. The quantitative estimate of drug-likeness (QED) is 0.375. The van der Waals surface area contributed by atoms with Gasteiger partial charge >= 0.3 is 0 Å². The molecule has 2 amide bonds. The van der Waals surface area contributed by atoms with E-state index in [1.807, 2.05) is 32.6 Å². The minimum Gasteiger partial charge on any atom is -0.375 e. The van der Waals surface area contributed by atoms with Gasteiger partial charge in [0.1, 0.15) is 12.3 Å². The van der Waals surface area contributed by atoms with Crippen molar-refractivity contribution < 1.29 is 14.3 Å². The molecule has 214 valence electrons. The third kappa shape index (κ3) is 4.71. The monoisotopic (exact) mass is 554 g/mol. The predicted octanol–water partition coefficient (Wildman–Crippen LogP) is 3.81. The molecule has 0 radical (unpaired) electrons. The molecular formula is C32H38N6O3. The number of fused-ring (bicyclic) bond motifs is 2. The van der Waals surface area contributed by atoms with E-state index in [4.69, 9.17) is 15.6 Å². The number of carbonyl (C=O) groups is 2. The molecule has 1 aliphatic carbocycles. The Morgan fingerprint density at radius 2 is 1.90 bits per heavy atom. The maximum absolute atomic E-state index is 13.3. The van der Waals surface area contributed by atoms with Crippen molar-refractivity contribution in [1.29, 1.82) is 0 Å². The highest BCUT2D eigenvalue weighted by molar-refractivity contribution is 5.95. The minimum absolute atomic E-state index is 0.0164. The summed E-state index contributed by atoms with van der Waals surface area (Å²) in [6, 6.07) is 12.8. The van der Waals surface area contributed by atoms with E-state index in [0.29, 0.717) is 23.9 Å². The highest BCUT2D eigenvalue weighted by Gasteiger charge is 2.34. The molecule has 9 nitrogen and oxygen atoms in total. The van der Waals surface area contributed by atoms with Crippen LogP contribution in [0.5, 0.6) is 0 Å². The number of nitrogens with zero attached hydrogens (tertiary/aromatic N) is 5. The molecule has 0 bridgehead atoms. The maximum Gasteiger partial charge on any atom is 0.255 e. The molecule has 4 aromatic rings. The molecule has 1 atom stereocenters. The lowest BCUT2D eigenvalue weighted by molar-refractivity contribution is -0.139. The van der Waals surface area contributed by atoms with E-state index in [-0.39, 0.29) is 24.5 Å². The Bertz CT molecular complexity index is 1640. The summed E-state index contributed by atoms with van der Waals surface area (Å²) in [6.07, 6.45) is 6.27. The molecule has 3 aliphatic rings. The molecule has 9 heteroatoms. The first-order valence-corrected chi connectivity index (χ1v) is 14.8. The number of para-hydroxylation sites is 1. The van der Waals surface area contributed by atoms with E-state index in [1.54, 1.807) is 7.11 Å². The smallest absolute Gasteiger partial charge is 0.255 e. The van der Waals surface area contributed by atoms with Crippen molar-refractivity contribution in [1.82, 2.24) is 24.0 Å². The van der Waals surface area contributed by atoms with Gasteiger partial charge in [-0.2, -0.15) is 5.10 Å². The van der Waals surface area contributed by atoms with Crippen molar-refractivity contribution in [3.8, 4) is 11.4 Å². The van der Waals surface area contributed by atoms with Crippen LogP contribution < -0.4 is 5.73 Å². The van der Waals surface area contributed by atoms with Crippen LogP contribution in [-0.4, -0.2) is 81.7 Å². The topological polar surface area (TPSA) is 98.1 Å². The summed E-state index contributed by atoms with van der Waals surface area (Å²) in [7, 11) is 1.56. The molecule has 2 N–H and O–H groups in total. The fraction of sp³-hybridized carbons (Fsp3) is 0.469. The molecule has 2 saturated heterocycles. The van der Waals surface area contributed by atoms with E-state index in [0.717, 1.165) is 61.5 Å². The van der Waals surface area contributed by atoms with Gasteiger partial charge in [0, 0.05) is 68.9 Å². The van der Waals surface area contributed by atoms with Crippen molar-refractivity contribution in [3.63, 3.8) is 0 Å². The SMILES string of the molecule is COCC(=O)N1CC(c2cccc3cc(-c4nn5cc(C(=O)N6CCC[C@@H](N)C6)ccc5c4C)n(CC4CC4)c23)C1. The zero-order valence-electron chi connectivity index (χ0n) is 23.9. The summed E-state index contributed by atoms with van der Waals surface area (Å²) in [5.74, 6) is 1.05. The number of amides is 2. The van der Waals surface area contributed by atoms with E-state index in [9.17, 15) is 9.59 Å². The van der Waals surface area contributed by atoms with Crippen LogP contribution in [0.3, 0.4) is 0 Å². The Balaban J connectivity index is 1.26. The Labute approximate surface area is 239 Å². The van der Waals surface area contributed by atoms with Gasteiger partial charge in [0.15, 0.2) is 0 Å². The maximum atomic E-state index is 13.3. The Morgan fingerprint density at radius 1 is 1.07 bits per heavy atom. The first kappa shape index (κ1) is 26.2. The van der Waals surface area contributed by atoms with Crippen LogP contribution in [0, 0.1) is 12.8 Å². The number of hydrogen-bond acceptors (Lipinski definition) is 5. The molecule has 0 unspecified atom stereocenters. The average molecular weight is 555 g/mol. The summed E-state index contributed by atoms with van der Waals surface area (Å²) < 4.78 is 9.39. The lowest BCUT2D eigenvalue weighted by atomic mass is 9.90. The standard InChI is InChI=1S/C32H38N6O3/c1-20-27-11-10-23(32(40)35-12-4-6-25(33)18-35)17-38(27)34-30(20)28-13-22-5-3-7-26(31(22)37(28)14-21-8-9-21)24-15-36(16-24)29(39)19-41-2/h3,5,7,10-11,13,17,21,24-25H,4,6,8-9,12,14-16,18-19,33H2,1-2H3/t25-/m1/s1. The van der Waals surface area contributed by atoms with E-state index in [2.05, 4.69) is 35.8 Å². The largest absolute Gasteiger partial charge is 0.375 e. The second kappa shape index (κ2) is 10.3. The fourth-order valence-corrected chi connectivity index (χ4v) is 6.64. The summed E-state index contributed by atoms with van der Waals surface area (Å²) in [4.78, 5) is 29.4. The van der Waals surface area contributed by atoms with Gasteiger partial charge in [-0.1, -0.05) is 18.2 Å². The number of aromatic nitrogens is 3. The second-order valence-corrected chi connectivity index (χ2v) is 12.2. The Kier molecular flexibility index (Phi) is 6.59. The predicted molar refractivity (Wildman–Crippen MR) is 158 cm³/mol. The van der Waals surface area contributed by atoms with Crippen LogP contribution in [0.15, 0.2) is 42.6 Å². The summed E-state index contributed by atoms with van der Waals surface area (Å²) in [5, 5.41) is 6.27. The number of hydrogen-bond donors (Lipinski definition) is 1. The third-order valence-corrected chi connectivity index (χ3v) is 9.14. The summed E-state index contributed by atoms with van der Waals surface area (Å²) in [6.45, 7) is 6.00. The van der Waals surface area contributed by atoms with Crippen molar-refractivity contribution in [3.05, 3.63) is 59.3 Å². The van der Waals surface area contributed by atoms with Gasteiger partial charge in [0.2, 0.25) is 5.91 Å². The number of nitrogens with two attached hydrogens (primary N) is 1. The van der Waals surface area contributed by atoms with E-state index < -0.39 is 0 Å². The van der Waals surface area contributed by atoms with Gasteiger partial charge in [-0.15, -0.1) is 0 Å². The van der Waals surface area contributed by atoms with Crippen LogP contribution in [0.4, 0.5) is 0 Å². The normalized spacial score (nSPS) is 19.7. The van der Waals surface area contributed by atoms with Crippen molar-refractivity contribution in [2.24, 2.45) is 11.7 Å². The zero-order chi connectivity index (χ0) is 28.2. The highest BCUT2D eigenvalue weighted by atomic mass is 16.5. The minimum atomic E-state index is 0.0164. The van der Waals surface area contributed by atoms with Crippen molar-refractivity contribution >= 4 is 28.2 Å². The average Bonchev–Trinajstić information content (AvgIpc) is 3.61. The van der Waals surface area contributed by atoms with Gasteiger partial charge in [-0.3, -0.25) is 9.59 Å². The van der Waals surface area contributed by atoms with Crippen molar-refractivity contribution in [2.75, 3.05) is 39.9 Å². The van der Waals surface area contributed by atoms with Crippen LogP contribution >= 0.6 is 0 Å². The van der Waals surface area contributed by atoms with E-state index >= 15 is 0 Å². The van der Waals surface area contributed by atoms with Crippen LogP contribution in [0.1, 0.15) is 53.1 Å². The third-order valence-electron chi connectivity index (χ3n) is 9.14. The van der Waals surface area contributed by atoms with Gasteiger partial charge < -0.3 is 24.8 Å². The van der Waals surface area contributed by atoms with Crippen LogP contribution in [0.25, 0.3) is 27.8 Å². The Morgan fingerprint density at radius 3 is 2.66 bits per heavy atom. The first-order valence-electron chi connectivity index (χ1n) is 14.8. The van der Waals surface area contributed by atoms with Gasteiger partial charge in [-0.05, 0) is 62.3 Å². The number of piperidine rings is 1. The van der Waals surface area contributed by atoms with Gasteiger partial charge in [0.05, 0.1) is 22.3 Å². The lowest BCUT2D eigenvalue weighted by Gasteiger charge is -2.40. The summed E-state index contributed by atoms with van der Waals surface area (Å²) >= 11 is 0. The molecule has 1 aromatic carbocycles. The number of ether oxygens (including phenoxy) is 1. The molecular weight excluding hydrogens is 516 g/mol. The number of benzene rings is 1. The molecule has 41 heavy (non-hydrogen) atoms. The second-order valence-electron chi connectivity index (χ2n) is 12.2. The van der Waals surface area contributed by atoms with Crippen LogP contribution in [0.2, 0.25) is 0 Å². The number of carbonyl (C=O) groups excluding carboxylic acids is 2. The molecule has 5 heterocycles. The van der Waals surface area contributed by atoms with Gasteiger partial charge in [0.25, 0.3) is 5.91 Å². The van der Waals surface area contributed by atoms with Gasteiger partial charge in [-0.25, -0.2) is 4.52 Å². The number of rotatable bonds is 7. The summed E-state index contributed by atoms with van der Waals surface area (Å²) in [5.41, 5.74) is 13.5. The molecule has 1 saturated carbocycles. The first-order chi connectivity index (χ1) is 19.9. The molecule has 0 spiro atoms. The number of aryl methyl sites for hydroxylation is 1. The van der Waals surface area contributed by atoms with E-state index in [1.165, 1.54) is 29.3 Å². The molecule has 3 aromatic heterocycles. The molecule has 3 fully saturated rings.